The molecule has 0 heterocycles. The molecular weight excluding hydrogens is 366 g/mol. The van der Waals surface area contributed by atoms with Crippen LogP contribution < -0.4 is 10.1 Å². The van der Waals surface area contributed by atoms with Crippen molar-refractivity contribution >= 4 is 23.6 Å². The van der Waals surface area contributed by atoms with Crippen molar-refractivity contribution in [1.82, 2.24) is 0 Å². The number of anilines is 1. The normalized spacial score (nSPS) is 10.7. The Bertz CT molecular complexity index is 812. The number of unbranched alkanes of at least 4 members (excludes halogenated alkanes) is 3. The zero-order valence-electron chi connectivity index (χ0n) is 17.1. The Morgan fingerprint density at radius 2 is 1.72 bits per heavy atom. The molecule has 0 aliphatic heterocycles. The van der Waals surface area contributed by atoms with E-state index in [1.807, 2.05) is 31.2 Å². The monoisotopic (exact) mass is 395 g/mol. The second kappa shape index (κ2) is 12.4. The number of benzene rings is 2. The van der Waals surface area contributed by atoms with Crippen LogP contribution in [0.1, 0.15) is 55.5 Å². The Hall–Kier alpha value is -3.08. The molecule has 0 aromatic heterocycles. The van der Waals surface area contributed by atoms with Gasteiger partial charge in [0.15, 0.2) is 0 Å². The van der Waals surface area contributed by atoms with Gasteiger partial charge in [-0.2, -0.15) is 0 Å². The van der Waals surface area contributed by atoms with Crippen LogP contribution in [0.15, 0.2) is 54.6 Å². The first-order valence-electron chi connectivity index (χ1n) is 10.1. The van der Waals surface area contributed by atoms with Gasteiger partial charge in [0.25, 0.3) is 0 Å². The predicted octanol–water partition coefficient (Wildman–Crippen LogP) is 5.47. The SMILES string of the molecule is CCCCCCOC(=O)c1ccc(NC(=O)/C=C/c2ccccc2OCC)cc1. The molecule has 0 bridgehead atoms. The molecule has 5 heteroatoms. The first-order valence-corrected chi connectivity index (χ1v) is 10.1. The maximum atomic E-state index is 12.2. The minimum Gasteiger partial charge on any atom is -0.493 e. The van der Waals surface area contributed by atoms with Crippen LogP contribution in [0.3, 0.4) is 0 Å². The lowest BCUT2D eigenvalue weighted by Crippen LogP contribution is -2.09. The molecule has 0 unspecified atom stereocenters. The quantitative estimate of drug-likeness (QED) is 0.311. The number of carbonyl (C=O) groups excluding carboxylic acids is 2. The minimum absolute atomic E-state index is 0.262. The van der Waals surface area contributed by atoms with E-state index >= 15 is 0 Å². The molecule has 0 saturated heterocycles. The number of carbonyl (C=O) groups is 2. The van der Waals surface area contributed by atoms with Crippen LogP contribution in [0.4, 0.5) is 5.69 Å². The first kappa shape index (κ1) is 22.2. The summed E-state index contributed by atoms with van der Waals surface area (Å²) in [5.41, 5.74) is 1.92. The molecule has 29 heavy (non-hydrogen) atoms. The smallest absolute Gasteiger partial charge is 0.338 e. The van der Waals surface area contributed by atoms with E-state index in [0.29, 0.717) is 24.5 Å². The van der Waals surface area contributed by atoms with Crippen molar-refractivity contribution in [3.63, 3.8) is 0 Å². The number of rotatable bonds is 11. The highest BCUT2D eigenvalue weighted by atomic mass is 16.5. The molecular formula is C24H29NO4. The summed E-state index contributed by atoms with van der Waals surface area (Å²) in [5, 5.41) is 2.78. The molecule has 0 saturated carbocycles. The average Bonchev–Trinajstić information content (AvgIpc) is 2.73. The van der Waals surface area contributed by atoms with Gasteiger partial charge in [0, 0.05) is 17.3 Å². The van der Waals surface area contributed by atoms with E-state index in [0.717, 1.165) is 37.0 Å². The Morgan fingerprint density at radius 1 is 0.966 bits per heavy atom. The van der Waals surface area contributed by atoms with Crippen molar-refractivity contribution in [3.05, 3.63) is 65.7 Å². The number of hydrogen-bond acceptors (Lipinski definition) is 4. The van der Waals surface area contributed by atoms with Gasteiger partial charge in [-0.1, -0.05) is 44.4 Å². The fourth-order valence-corrected chi connectivity index (χ4v) is 2.72. The molecule has 0 spiro atoms. The Labute approximate surface area is 172 Å². The van der Waals surface area contributed by atoms with Gasteiger partial charge in [0.1, 0.15) is 5.75 Å². The highest BCUT2D eigenvalue weighted by molar-refractivity contribution is 6.02. The molecule has 2 aromatic carbocycles. The van der Waals surface area contributed by atoms with Crippen molar-refractivity contribution in [3.8, 4) is 5.75 Å². The van der Waals surface area contributed by atoms with E-state index in [1.165, 1.54) is 6.08 Å². The van der Waals surface area contributed by atoms with Gasteiger partial charge in [-0.3, -0.25) is 4.79 Å². The second-order valence-electron chi connectivity index (χ2n) is 6.57. The van der Waals surface area contributed by atoms with Gasteiger partial charge in [-0.25, -0.2) is 4.79 Å². The van der Waals surface area contributed by atoms with Crippen LogP contribution in [0.25, 0.3) is 6.08 Å². The van der Waals surface area contributed by atoms with Crippen molar-refractivity contribution in [1.29, 1.82) is 0 Å². The van der Waals surface area contributed by atoms with E-state index in [9.17, 15) is 9.59 Å². The molecule has 0 aliphatic rings. The summed E-state index contributed by atoms with van der Waals surface area (Å²) in [7, 11) is 0. The topological polar surface area (TPSA) is 64.6 Å². The van der Waals surface area contributed by atoms with Crippen LogP contribution in [0.5, 0.6) is 5.75 Å². The lowest BCUT2D eigenvalue weighted by atomic mass is 10.2. The van der Waals surface area contributed by atoms with Gasteiger partial charge in [0.05, 0.1) is 18.8 Å². The molecule has 2 aromatic rings. The Balaban J connectivity index is 1.86. The van der Waals surface area contributed by atoms with E-state index in [-0.39, 0.29) is 11.9 Å². The third kappa shape index (κ3) is 7.82. The standard InChI is InChI=1S/C24H29NO4/c1-3-5-6-9-18-29-24(27)20-12-15-21(16-13-20)25-23(26)17-14-19-10-7-8-11-22(19)28-4-2/h7-8,10-17H,3-6,9,18H2,1-2H3,(H,25,26)/b17-14+. The fourth-order valence-electron chi connectivity index (χ4n) is 2.72. The molecule has 0 fully saturated rings. The summed E-state index contributed by atoms with van der Waals surface area (Å²) in [4.78, 5) is 24.2. The van der Waals surface area contributed by atoms with E-state index < -0.39 is 0 Å². The summed E-state index contributed by atoms with van der Waals surface area (Å²) in [6, 6.07) is 14.2. The molecule has 2 rings (SSSR count). The highest BCUT2D eigenvalue weighted by Crippen LogP contribution is 2.19. The Morgan fingerprint density at radius 3 is 2.45 bits per heavy atom. The van der Waals surface area contributed by atoms with Crippen LogP contribution in [0.2, 0.25) is 0 Å². The van der Waals surface area contributed by atoms with Crippen molar-refractivity contribution < 1.29 is 19.1 Å². The molecule has 5 nitrogen and oxygen atoms in total. The van der Waals surface area contributed by atoms with E-state index in [4.69, 9.17) is 9.47 Å². The molecule has 0 atom stereocenters. The van der Waals surface area contributed by atoms with Crippen molar-refractivity contribution in [2.75, 3.05) is 18.5 Å². The van der Waals surface area contributed by atoms with Crippen LogP contribution in [0, 0.1) is 0 Å². The van der Waals surface area contributed by atoms with Crippen molar-refractivity contribution in [2.24, 2.45) is 0 Å². The van der Waals surface area contributed by atoms with E-state index in [2.05, 4.69) is 12.2 Å². The summed E-state index contributed by atoms with van der Waals surface area (Å²) >= 11 is 0. The number of ether oxygens (including phenoxy) is 2. The summed E-state index contributed by atoms with van der Waals surface area (Å²) in [6.45, 7) is 5.05. The second-order valence-corrected chi connectivity index (χ2v) is 6.57. The third-order valence-electron chi connectivity index (χ3n) is 4.25. The molecule has 154 valence electrons. The zero-order valence-corrected chi connectivity index (χ0v) is 17.1. The van der Waals surface area contributed by atoms with Crippen LogP contribution in [-0.2, 0) is 9.53 Å². The molecule has 1 amide bonds. The lowest BCUT2D eigenvalue weighted by Gasteiger charge is -2.07. The number of esters is 1. The number of para-hydroxylation sites is 1. The van der Waals surface area contributed by atoms with Crippen LogP contribution >= 0.6 is 0 Å². The first-order chi connectivity index (χ1) is 14.1. The lowest BCUT2D eigenvalue weighted by molar-refractivity contribution is -0.111. The van der Waals surface area contributed by atoms with Gasteiger partial charge in [0.2, 0.25) is 5.91 Å². The van der Waals surface area contributed by atoms with Gasteiger partial charge in [-0.15, -0.1) is 0 Å². The average molecular weight is 395 g/mol. The van der Waals surface area contributed by atoms with Gasteiger partial charge < -0.3 is 14.8 Å². The summed E-state index contributed by atoms with van der Waals surface area (Å²) in [6.07, 6.45) is 7.41. The molecule has 0 radical (unpaired) electrons. The number of hydrogen-bond donors (Lipinski definition) is 1. The number of nitrogens with one attached hydrogen (secondary N) is 1. The van der Waals surface area contributed by atoms with Gasteiger partial charge in [-0.05, 0) is 49.8 Å². The minimum atomic E-state index is -0.341. The van der Waals surface area contributed by atoms with E-state index in [1.54, 1.807) is 30.3 Å². The highest BCUT2D eigenvalue weighted by Gasteiger charge is 2.07. The number of amides is 1. The largest absolute Gasteiger partial charge is 0.493 e. The zero-order chi connectivity index (χ0) is 20.9. The maximum absolute atomic E-state index is 12.2. The maximum Gasteiger partial charge on any atom is 0.338 e. The Kier molecular flexibility index (Phi) is 9.49. The fraction of sp³-hybridized carbons (Fsp3) is 0.333. The van der Waals surface area contributed by atoms with Crippen molar-refractivity contribution in [2.45, 2.75) is 39.5 Å². The summed E-state index contributed by atoms with van der Waals surface area (Å²) in [5.74, 6) is 0.131. The van der Waals surface area contributed by atoms with Crippen LogP contribution in [-0.4, -0.2) is 25.1 Å². The predicted molar refractivity (Wildman–Crippen MR) is 116 cm³/mol. The molecule has 1 N–H and O–H groups in total. The summed E-state index contributed by atoms with van der Waals surface area (Å²) < 4.78 is 10.8. The third-order valence-corrected chi connectivity index (χ3v) is 4.25. The molecule has 0 aliphatic carbocycles. The van der Waals surface area contributed by atoms with Gasteiger partial charge >= 0.3 is 5.97 Å².